The molecule has 3 rings (SSSR count). The van der Waals surface area contributed by atoms with Crippen LogP contribution in [0.5, 0.6) is 0 Å². The van der Waals surface area contributed by atoms with Crippen LogP contribution in [0, 0.1) is 0 Å². The van der Waals surface area contributed by atoms with Crippen molar-refractivity contribution < 1.29 is 4.84 Å². The smallest absolute Gasteiger partial charge is 0.0880 e. The van der Waals surface area contributed by atoms with Gasteiger partial charge in [-0.25, -0.2) is 5.06 Å². The molecule has 25 heavy (non-hydrogen) atoms. The molecule has 0 saturated carbocycles. The van der Waals surface area contributed by atoms with Gasteiger partial charge in [-0.1, -0.05) is 94.0 Å². The molecule has 2 heteroatoms. The Labute approximate surface area is 152 Å². The molecule has 2 unspecified atom stereocenters. The predicted octanol–water partition coefficient (Wildman–Crippen LogP) is 6.69. The van der Waals surface area contributed by atoms with Crippen molar-refractivity contribution in [2.24, 2.45) is 0 Å². The van der Waals surface area contributed by atoms with Gasteiger partial charge in [0.25, 0.3) is 0 Å². The zero-order valence-electron chi connectivity index (χ0n) is 15.4. The normalized spacial score (nSPS) is 20.1. The molecule has 134 valence electrons. The van der Waals surface area contributed by atoms with Gasteiger partial charge in [-0.2, -0.15) is 0 Å². The average molecular weight is 338 g/mol. The molecule has 1 aliphatic heterocycles. The number of para-hydroxylation sites is 1. The van der Waals surface area contributed by atoms with E-state index in [0.29, 0.717) is 12.1 Å². The number of benzene rings is 2. The number of hydrogen-bond acceptors (Lipinski definition) is 2. The van der Waals surface area contributed by atoms with Crippen LogP contribution in [0.1, 0.15) is 69.9 Å². The van der Waals surface area contributed by atoms with Crippen LogP contribution in [0.4, 0.5) is 5.69 Å². The van der Waals surface area contributed by atoms with E-state index < -0.39 is 0 Å². The van der Waals surface area contributed by atoms with Crippen molar-refractivity contribution in [1.29, 1.82) is 0 Å². The zero-order valence-corrected chi connectivity index (χ0v) is 15.4. The molecule has 0 amide bonds. The second-order valence-corrected chi connectivity index (χ2v) is 7.11. The zero-order chi connectivity index (χ0) is 17.3. The van der Waals surface area contributed by atoms with E-state index >= 15 is 0 Å². The van der Waals surface area contributed by atoms with Crippen LogP contribution in [0.3, 0.4) is 0 Å². The maximum absolute atomic E-state index is 6.38. The molecule has 2 aromatic rings. The van der Waals surface area contributed by atoms with E-state index in [1.807, 2.05) is 0 Å². The first-order chi connectivity index (χ1) is 12.4. The number of rotatable bonds is 9. The van der Waals surface area contributed by atoms with Gasteiger partial charge in [0.05, 0.1) is 17.8 Å². The fraction of sp³-hybridized carbons (Fsp3) is 0.478. The summed E-state index contributed by atoms with van der Waals surface area (Å²) in [6, 6.07) is 21.6. The van der Waals surface area contributed by atoms with Gasteiger partial charge in [-0.05, 0) is 24.1 Å². The minimum absolute atomic E-state index is 0.314. The molecule has 2 aromatic carbocycles. The third-order valence-electron chi connectivity index (χ3n) is 5.11. The lowest BCUT2D eigenvalue weighted by atomic mass is 9.98. The second kappa shape index (κ2) is 9.62. The average Bonchev–Trinajstić information content (AvgIpc) is 3.10. The quantitative estimate of drug-likeness (QED) is 0.473. The van der Waals surface area contributed by atoms with Gasteiger partial charge in [0.1, 0.15) is 0 Å². The number of unbranched alkanes of at least 4 members (excludes halogenated alkanes) is 5. The molecule has 0 N–H and O–H groups in total. The lowest BCUT2D eigenvalue weighted by Crippen LogP contribution is -2.21. The number of nitrogens with zero attached hydrogens (tertiary/aromatic N) is 1. The summed E-state index contributed by atoms with van der Waals surface area (Å²) >= 11 is 0. The number of hydroxylamine groups is 1. The molecule has 1 saturated heterocycles. The first-order valence-corrected chi connectivity index (χ1v) is 9.94. The minimum Gasteiger partial charge on any atom is -0.269 e. The van der Waals surface area contributed by atoms with Gasteiger partial charge in [-0.15, -0.1) is 0 Å². The molecule has 0 spiro atoms. The highest BCUT2D eigenvalue weighted by molar-refractivity contribution is 5.47. The van der Waals surface area contributed by atoms with Gasteiger partial charge in [0, 0.05) is 6.42 Å². The van der Waals surface area contributed by atoms with E-state index in [1.54, 1.807) is 0 Å². The highest BCUT2D eigenvalue weighted by Crippen LogP contribution is 2.39. The Morgan fingerprint density at radius 1 is 0.840 bits per heavy atom. The van der Waals surface area contributed by atoms with Crippen molar-refractivity contribution in [2.45, 2.75) is 70.4 Å². The summed E-state index contributed by atoms with van der Waals surface area (Å²) in [4.78, 5) is 6.38. The number of anilines is 1. The molecule has 1 aliphatic rings. The maximum Gasteiger partial charge on any atom is 0.0880 e. The van der Waals surface area contributed by atoms with Gasteiger partial charge in [0.15, 0.2) is 0 Å². The van der Waals surface area contributed by atoms with Gasteiger partial charge >= 0.3 is 0 Å². The summed E-state index contributed by atoms with van der Waals surface area (Å²) < 4.78 is 0. The molecule has 0 aliphatic carbocycles. The Balaban J connectivity index is 1.60. The highest BCUT2D eigenvalue weighted by atomic mass is 16.7. The molecular formula is C23H31NO. The molecule has 0 aromatic heterocycles. The third kappa shape index (κ3) is 5.09. The summed E-state index contributed by atoms with van der Waals surface area (Å²) in [6.07, 6.45) is 10.6. The van der Waals surface area contributed by atoms with Crippen LogP contribution in [0.15, 0.2) is 60.7 Å². The fourth-order valence-corrected chi connectivity index (χ4v) is 3.71. The highest BCUT2D eigenvalue weighted by Gasteiger charge is 2.34. The van der Waals surface area contributed by atoms with E-state index in [4.69, 9.17) is 4.84 Å². The molecule has 1 fully saturated rings. The molecule has 2 atom stereocenters. The minimum atomic E-state index is 0.314. The molecule has 0 radical (unpaired) electrons. The largest absolute Gasteiger partial charge is 0.269 e. The number of hydrogen-bond donors (Lipinski definition) is 0. The van der Waals surface area contributed by atoms with Crippen LogP contribution >= 0.6 is 0 Å². The molecule has 2 nitrogen and oxygen atoms in total. The fourth-order valence-electron chi connectivity index (χ4n) is 3.71. The first kappa shape index (κ1) is 18.0. The first-order valence-electron chi connectivity index (χ1n) is 9.94. The van der Waals surface area contributed by atoms with Crippen LogP contribution in [-0.4, -0.2) is 6.10 Å². The van der Waals surface area contributed by atoms with Crippen molar-refractivity contribution in [3.05, 3.63) is 66.2 Å². The molecule has 1 heterocycles. The lowest BCUT2D eigenvalue weighted by Gasteiger charge is -2.25. The maximum atomic E-state index is 6.38. The summed E-state index contributed by atoms with van der Waals surface area (Å²) in [6.45, 7) is 2.27. The van der Waals surface area contributed by atoms with Crippen molar-refractivity contribution >= 4 is 5.69 Å². The van der Waals surface area contributed by atoms with Crippen LogP contribution < -0.4 is 5.06 Å². The standard InChI is InChI=1S/C23H31NO/c1-2-3-4-5-6-13-18-22-19-23(20-14-9-7-10-15-20)24(25-22)21-16-11-8-12-17-21/h7-12,14-17,22-23H,2-6,13,18-19H2,1H3. The van der Waals surface area contributed by atoms with E-state index in [9.17, 15) is 0 Å². The van der Waals surface area contributed by atoms with Crippen molar-refractivity contribution in [2.75, 3.05) is 5.06 Å². The molecule has 0 bridgehead atoms. The van der Waals surface area contributed by atoms with Gasteiger partial charge < -0.3 is 0 Å². The Kier molecular flexibility index (Phi) is 6.93. The summed E-state index contributed by atoms with van der Waals surface area (Å²) in [5.74, 6) is 0. The predicted molar refractivity (Wildman–Crippen MR) is 106 cm³/mol. The summed E-state index contributed by atoms with van der Waals surface area (Å²) in [5, 5.41) is 2.14. The van der Waals surface area contributed by atoms with Crippen LogP contribution in [0.25, 0.3) is 0 Å². The Bertz CT molecular complexity index is 551. The van der Waals surface area contributed by atoms with E-state index in [-0.39, 0.29) is 0 Å². The second-order valence-electron chi connectivity index (χ2n) is 7.11. The van der Waals surface area contributed by atoms with Gasteiger partial charge in [-0.3, -0.25) is 4.84 Å². The Hall–Kier alpha value is -1.80. The van der Waals surface area contributed by atoms with Crippen molar-refractivity contribution in [3.8, 4) is 0 Å². The Morgan fingerprint density at radius 2 is 1.48 bits per heavy atom. The Morgan fingerprint density at radius 3 is 2.20 bits per heavy atom. The lowest BCUT2D eigenvalue weighted by molar-refractivity contribution is 0.0758. The van der Waals surface area contributed by atoms with Crippen LogP contribution in [-0.2, 0) is 4.84 Å². The van der Waals surface area contributed by atoms with E-state index in [2.05, 4.69) is 72.7 Å². The third-order valence-corrected chi connectivity index (χ3v) is 5.11. The van der Waals surface area contributed by atoms with E-state index in [0.717, 1.165) is 12.1 Å². The summed E-state index contributed by atoms with van der Waals surface area (Å²) in [5.41, 5.74) is 2.50. The van der Waals surface area contributed by atoms with E-state index in [1.165, 1.54) is 50.5 Å². The molecular weight excluding hydrogens is 306 g/mol. The monoisotopic (exact) mass is 337 g/mol. The van der Waals surface area contributed by atoms with Crippen molar-refractivity contribution in [1.82, 2.24) is 0 Å². The topological polar surface area (TPSA) is 12.5 Å². The SMILES string of the molecule is CCCCCCCCC1CC(c2ccccc2)N(c2ccccc2)O1. The van der Waals surface area contributed by atoms with Crippen LogP contribution in [0.2, 0.25) is 0 Å². The van der Waals surface area contributed by atoms with Gasteiger partial charge in [0.2, 0.25) is 0 Å². The van der Waals surface area contributed by atoms with Crippen molar-refractivity contribution in [3.63, 3.8) is 0 Å². The summed E-state index contributed by atoms with van der Waals surface area (Å²) in [7, 11) is 0.